The molecule has 1 aromatic rings. The maximum atomic E-state index is 12.3. The first kappa shape index (κ1) is 14.0. The number of carbonyl (C=O) groups is 1. The Bertz CT molecular complexity index is 391. The van der Waals surface area contributed by atoms with Crippen molar-refractivity contribution in [3.63, 3.8) is 0 Å². The highest BCUT2D eigenvalue weighted by Crippen LogP contribution is 2.18. The number of pyridine rings is 1. The minimum atomic E-state index is -0.0493. The van der Waals surface area contributed by atoms with Gasteiger partial charge in [0.1, 0.15) is 0 Å². The molecule has 1 aromatic heterocycles. The summed E-state index contributed by atoms with van der Waals surface area (Å²) in [6, 6.07) is 1.80. The van der Waals surface area contributed by atoms with E-state index in [-0.39, 0.29) is 11.9 Å². The van der Waals surface area contributed by atoms with Crippen LogP contribution in [0.4, 0.5) is 0 Å². The predicted octanol–water partition coefficient (Wildman–Crippen LogP) is 3.24. The van der Waals surface area contributed by atoms with Gasteiger partial charge in [0, 0.05) is 25.0 Å². The Labute approximate surface area is 108 Å². The molecular weight excluding hydrogens is 236 g/mol. The second kappa shape index (κ2) is 6.01. The van der Waals surface area contributed by atoms with Gasteiger partial charge in [-0.15, -0.1) is 0 Å². The molecule has 94 valence electrons. The Hall–Kier alpha value is -1.09. The second-order valence-electron chi connectivity index (χ2n) is 4.80. The first-order chi connectivity index (χ1) is 7.93. The molecule has 1 heterocycles. The van der Waals surface area contributed by atoms with Crippen LogP contribution in [0.25, 0.3) is 0 Å². The van der Waals surface area contributed by atoms with Crippen LogP contribution in [0.5, 0.6) is 0 Å². The van der Waals surface area contributed by atoms with Crippen molar-refractivity contribution >= 4 is 17.5 Å². The highest BCUT2D eigenvalue weighted by Gasteiger charge is 2.21. The summed E-state index contributed by atoms with van der Waals surface area (Å²) in [5.41, 5.74) is 0.475. The lowest BCUT2D eigenvalue weighted by Crippen LogP contribution is -2.39. The molecule has 0 aliphatic rings. The quantitative estimate of drug-likeness (QED) is 0.827. The van der Waals surface area contributed by atoms with E-state index in [9.17, 15) is 4.79 Å². The van der Waals surface area contributed by atoms with Gasteiger partial charge < -0.3 is 4.90 Å². The standard InChI is InChI=1S/C13H19ClN2O/c1-9(2)8-16(10(3)4)13(17)11-7-15-6-5-12(11)14/h5-7,9-10H,8H2,1-4H3. The second-order valence-corrected chi connectivity index (χ2v) is 5.21. The summed E-state index contributed by atoms with van der Waals surface area (Å²) in [5.74, 6) is 0.378. The number of nitrogens with zero attached hydrogens (tertiary/aromatic N) is 2. The maximum absolute atomic E-state index is 12.3. The Morgan fingerprint density at radius 3 is 2.53 bits per heavy atom. The van der Waals surface area contributed by atoms with Crippen LogP contribution in [0.15, 0.2) is 18.5 Å². The maximum Gasteiger partial charge on any atom is 0.257 e. The van der Waals surface area contributed by atoms with Crippen LogP contribution in [0.3, 0.4) is 0 Å². The lowest BCUT2D eigenvalue weighted by Gasteiger charge is -2.28. The van der Waals surface area contributed by atoms with E-state index in [2.05, 4.69) is 18.8 Å². The number of halogens is 1. The van der Waals surface area contributed by atoms with Crippen LogP contribution >= 0.6 is 11.6 Å². The molecule has 4 heteroatoms. The van der Waals surface area contributed by atoms with Gasteiger partial charge in [0.2, 0.25) is 0 Å². The van der Waals surface area contributed by atoms with E-state index in [0.29, 0.717) is 16.5 Å². The zero-order chi connectivity index (χ0) is 13.0. The van der Waals surface area contributed by atoms with E-state index in [1.807, 2.05) is 18.7 Å². The average molecular weight is 255 g/mol. The molecule has 0 saturated heterocycles. The van der Waals surface area contributed by atoms with E-state index in [1.165, 1.54) is 6.20 Å². The third kappa shape index (κ3) is 3.70. The molecule has 0 fully saturated rings. The van der Waals surface area contributed by atoms with Crippen LogP contribution in [-0.4, -0.2) is 28.4 Å². The minimum Gasteiger partial charge on any atom is -0.336 e. The molecule has 1 rings (SSSR count). The lowest BCUT2D eigenvalue weighted by atomic mass is 10.1. The Balaban J connectivity index is 2.96. The van der Waals surface area contributed by atoms with E-state index in [0.717, 1.165) is 6.54 Å². The molecule has 1 amide bonds. The van der Waals surface area contributed by atoms with E-state index >= 15 is 0 Å². The molecule has 3 nitrogen and oxygen atoms in total. The predicted molar refractivity (Wildman–Crippen MR) is 70.3 cm³/mol. The highest BCUT2D eigenvalue weighted by molar-refractivity contribution is 6.33. The van der Waals surface area contributed by atoms with Gasteiger partial charge in [-0.2, -0.15) is 0 Å². The van der Waals surface area contributed by atoms with Gasteiger partial charge in [0.25, 0.3) is 5.91 Å². The van der Waals surface area contributed by atoms with Crippen molar-refractivity contribution in [1.29, 1.82) is 0 Å². The molecule has 0 N–H and O–H groups in total. The molecule has 0 atom stereocenters. The van der Waals surface area contributed by atoms with Crippen LogP contribution in [0.2, 0.25) is 5.02 Å². The third-order valence-electron chi connectivity index (χ3n) is 2.44. The van der Waals surface area contributed by atoms with Gasteiger partial charge >= 0.3 is 0 Å². The Morgan fingerprint density at radius 2 is 2.06 bits per heavy atom. The first-order valence-corrected chi connectivity index (χ1v) is 6.21. The van der Waals surface area contributed by atoms with Crippen LogP contribution in [0, 0.1) is 5.92 Å². The number of carbonyl (C=O) groups excluding carboxylic acids is 1. The zero-order valence-corrected chi connectivity index (χ0v) is 11.5. The summed E-state index contributed by atoms with van der Waals surface area (Å²) in [4.78, 5) is 18.1. The molecular formula is C13H19ClN2O. The van der Waals surface area contributed by atoms with Crippen molar-refractivity contribution in [3.8, 4) is 0 Å². The minimum absolute atomic E-state index is 0.0493. The lowest BCUT2D eigenvalue weighted by molar-refractivity contribution is 0.0681. The summed E-state index contributed by atoms with van der Waals surface area (Å²) in [6.45, 7) is 8.91. The molecule has 17 heavy (non-hydrogen) atoms. The fourth-order valence-corrected chi connectivity index (χ4v) is 1.80. The summed E-state index contributed by atoms with van der Waals surface area (Å²) in [6.07, 6.45) is 3.11. The van der Waals surface area contributed by atoms with E-state index in [1.54, 1.807) is 12.3 Å². The van der Waals surface area contributed by atoms with Crippen molar-refractivity contribution in [2.24, 2.45) is 5.92 Å². The zero-order valence-electron chi connectivity index (χ0n) is 10.8. The number of amides is 1. The van der Waals surface area contributed by atoms with Gasteiger partial charge in [-0.3, -0.25) is 9.78 Å². The average Bonchev–Trinajstić information content (AvgIpc) is 2.25. The Kier molecular flexibility index (Phi) is 4.94. The summed E-state index contributed by atoms with van der Waals surface area (Å²) >= 11 is 6.02. The Morgan fingerprint density at radius 1 is 1.41 bits per heavy atom. The van der Waals surface area contributed by atoms with Crippen molar-refractivity contribution in [2.45, 2.75) is 33.7 Å². The fourth-order valence-electron chi connectivity index (χ4n) is 1.61. The van der Waals surface area contributed by atoms with Crippen LogP contribution in [0.1, 0.15) is 38.1 Å². The normalized spacial score (nSPS) is 11.0. The highest BCUT2D eigenvalue weighted by atomic mass is 35.5. The smallest absolute Gasteiger partial charge is 0.257 e. The van der Waals surface area contributed by atoms with Gasteiger partial charge in [-0.1, -0.05) is 25.4 Å². The van der Waals surface area contributed by atoms with Gasteiger partial charge in [-0.25, -0.2) is 0 Å². The number of aromatic nitrogens is 1. The molecule has 0 radical (unpaired) electrons. The first-order valence-electron chi connectivity index (χ1n) is 5.84. The van der Waals surface area contributed by atoms with Crippen molar-refractivity contribution in [2.75, 3.05) is 6.54 Å². The van der Waals surface area contributed by atoms with Crippen molar-refractivity contribution in [1.82, 2.24) is 9.88 Å². The third-order valence-corrected chi connectivity index (χ3v) is 2.77. The van der Waals surface area contributed by atoms with Gasteiger partial charge in [0.05, 0.1) is 10.6 Å². The molecule has 0 unspecified atom stereocenters. The number of rotatable bonds is 4. The fraction of sp³-hybridized carbons (Fsp3) is 0.538. The van der Waals surface area contributed by atoms with Crippen molar-refractivity contribution < 1.29 is 4.79 Å². The molecule has 0 saturated carbocycles. The molecule has 0 aromatic carbocycles. The van der Waals surface area contributed by atoms with Gasteiger partial charge in [-0.05, 0) is 25.8 Å². The van der Waals surface area contributed by atoms with E-state index in [4.69, 9.17) is 11.6 Å². The summed E-state index contributed by atoms with van der Waals surface area (Å²) < 4.78 is 0. The monoisotopic (exact) mass is 254 g/mol. The largest absolute Gasteiger partial charge is 0.336 e. The van der Waals surface area contributed by atoms with E-state index < -0.39 is 0 Å². The van der Waals surface area contributed by atoms with Crippen LogP contribution in [-0.2, 0) is 0 Å². The van der Waals surface area contributed by atoms with Crippen LogP contribution < -0.4 is 0 Å². The number of hydrogen-bond acceptors (Lipinski definition) is 2. The SMILES string of the molecule is CC(C)CN(C(=O)c1cnccc1Cl)C(C)C. The van der Waals surface area contributed by atoms with Crippen molar-refractivity contribution in [3.05, 3.63) is 29.0 Å². The van der Waals surface area contributed by atoms with Gasteiger partial charge in [0.15, 0.2) is 0 Å². The summed E-state index contributed by atoms with van der Waals surface area (Å²) in [5, 5.41) is 0.458. The molecule has 0 spiro atoms. The summed E-state index contributed by atoms with van der Waals surface area (Å²) in [7, 11) is 0. The molecule has 0 aliphatic heterocycles. The molecule has 0 bridgehead atoms. The molecule has 0 aliphatic carbocycles. The topological polar surface area (TPSA) is 33.2 Å². The number of hydrogen-bond donors (Lipinski definition) is 0.